The Balaban J connectivity index is 1.87. The highest BCUT2D eigenvalue weighted by Crippen LogP contribution is 2.26. The Hall–Kier alpha value is -0.170. The summed E-state index contributed by atoms with van der Waals surface area (Å²) in [5, 5.41) is 13.4. The van der Waals surface area contributed by atoms with Crippen LogP contribution in [0.1, 0.15) is 26.7 Å². The van der Waals surface area contributed by atoms with Crippen molar-refractivity contribution in [1.82, 2.24) is 10.2 Å². The van der Waals surface area contributed by atoms with Gasteiger partial charge in [-0.2, -0.15) is 0 Å². The number of aliphatic hydroxyl groups is 1. The van der Waals surface area contributed by atoms with E-state index in [4.69, 9.17) is 0 Å². The maximum Gasteiger partial charge on any atom is 0.154 e. The van der Waals surface area contributed by atoms with Crippen LogP contribution >= 0.6 is 0 Å². The van der Waals surface area contributed by atoms with Gasteiger partial charge >= 0.3 is 0 Å². The molecular formula is C13H26N2O3S. The van der Waals surface area contributed by atoms with Crippen LogP contribution in [0.25, 0.3) is 0 Å². The highest BCUT2D eigenvalue weighted by Gasteiger charge is 2.41. The summed E-state index contributed by atoms with van der Waals surface area (Å²) in [4.78, 5) is 2.17. The molecule has 0 aromatic heterocycles. The summed E-state index contributed by atoms with van der Waals surface area (Å²) in [6, 6.07) is 0.338. The molecule has 2 N–H and O–H groups in total. The van der Waals surface area contributed by atoms with Crippen LogP contribution in [0.4, 0.5) is 0 Å². The minimum atomic E-state index is -3.04. The van der Waals surface area contributed by atoms with Crippen LogP contribution in [0.2, 0.25) is 0 Å². The topological polar surface area (TPSA) is 69.6 Å². The molecule has 3 unspecified atom stereocenters. The molecule has 6 heteroatoms. The quantitative estimate of drug-likeness (QED) is 0.754. The van der Waals surface area contributed by atoms with Crippen molar-refractivity contribution in [2.45, 2.75) is 44.9 Å². The molecule has 0 aromatic carbocycles. The Morgan fingerprint density at radius 2 is 1.95 bits per heavy atom. The van der Waals surface area contributed by atoms with E-state index in [1.807, 2.05) is 0 Å². The molecule has 0 aromatic rings. The highest BCUT2D eigenvalue weighted by molar-refractivity contribution is 7.91. The fraction of sp³-hybridized carbons (Fsp3) is 1.00. The van der Waals surface area contributed by atoms with Crippen LogP contribution in [0.15, 0.2) is 0 Å². The van der Waals surface area contributed by atoms with E-state index >= 15 is 0 Å². The predicted octanol–water partition coefficient (Wildman–Crippen LogP) is -0.146. The minimum absolute atomic E-state index is 0.0641. The van der Waals surface area contributed by atoms with Gasteiger partial charge in [0.05, 0.1) is 23.7 Å². The molecule has 5 nitrogen and oxygen atoms in total. The van der Waals surface area contributed by atoms with Crippen molar-refractivity contribution >= 4 is 9.84 Å². The van der Waals surface area contributed by atoms with Crippen molar-refractivity contribution in [2.75, 3.05) is 31.1 Å². The normalized spacial score (nSPS) is 34.5. The van der Waals surface area contributed by atoms with E-state index < -0.39 is 15.9 Å². The van der Waals surface area contributed by atoms with Crippen LogP contribution in [-0.4, -0.2) is 67.8 Å². The monoisotopic (exact) mass is 290 g/mol. The van der Waals surface area contributed by atoms with Crippen molar-refractivity contribution in [3.63, 3.8) is 0 Å². The predicted molar refractivity (Wildman–Crippen MR) is 75.9 cm³/mol. The largest absolute Gasteiger partial charge is 0.390 e. The summed E-state index contributed by atoms with van der Waals surface area (Å²) < 4.78 is 23.1. The molecule has 2 heterocycles. The SMILES string of the molecule is CCNC(C)C1CCN(C2CS(=O)(=O)CC2O)CC1. The second kappa shape index (κ2) is 6.08. The van der Waals surface area contributed by atoms with Crippen molar-refractivity contribution in [2.24, 2.45) is 5.92 Å². The Kier molecular flexibility index (Phi) is 4.87. The van der Waals surface area contributed by atoms with Crippen LogP contribution in [0.5, 0.6) is 0 Å². The number of aliphatic hydroxyl groups excluding tert-OH is 1. The first-order valence-corrected chi connectivity index (χ1v) is 9.11. The molecule has 2 aliphatic heterocycles. The molecule has 0 radical (unpaired) electrons. The second-order valence-electron chi connectivity index (χ2n) is 5.93. The van der Waals surface area contributed by atoms with Gasteiger partial charge in [-0.25, -0.2) is 8.42 Å². The van der Waals surface area contributed by atoms with Gasteiger partial charge < -0.3 is 10.4 Å². The van der Waals surface area contributed by atoms with Gasteiger partial charge in [0, 0.05) is 6.04 Å². The van der Waals surface area contributed by atoms with Gasteiger partial charge in [0.15, 0.2) is 9.84 Å². The van der Waals surface area contributed by atoms with Gasteiger partial charge in [-0.05, 0) is 45.3 Å². The van der Waals surface area contributed by atoms with Crippen LogP contribution in [0, 0.1) is 5.92 Å². The highest BCUT2D eigenvalue weighted by atomic mass is 32.2. The van der Waals surface area contributed by atoms with E-state index in [1.54, 1.807) is 0 Å². The fourth-order valence-electron chi connectivity index (χ4n) is 3.40. The maximum atomic E-state index is 11.6. The first-order chi connectivity index (χ1) is 8.93. The smallest absolute Gasteiger partial charge is 0.154 e. The zero-order valence-corrected chi connectivity index (χ0v) is 12.7. The average molecular weight is 290 g/mol. The van der Waals surface area contributed by atoms with Gasteiger partial charge in [-0.3, -0.25) is 4.90 Å². The molecule has 0 spiro atoms. The van der Waals surface area contributed by atoms with E-state index in [1.165, 1.54) is 0 Å². The molecule has 0 saturated carbocycles. The third kappa shape index (κ3) is 3.68. The average Bonchev–Trinajstić information content (AvgIpc) is 2.63. The summed E-state index contributed by atoms with van der Waals surface area (Å²) in [7, 11) is -3.04. The molecule has 2 saturated heterocycles. The number of rotatable bonds is 4. The zero-order valence-electron chi connectivity index (χ0n) is 11.9. The molecular weight excluding hydrogens is 264 g/mol. The van der Waals surface area contributed by atoms with Gasteiger partial charge in [0.2, 0.25) is 0 Å². The number of hydrogen-bond donors (Lipinski definition) is 2. The van der Waals surface area contributed by atoms with E-state index in [0.29, 0.717) is 12.0 Å². The van der Waals surface area contributed by atoms with Crippen molar-refractivity contribution < 1.29 is 13.5 Å². The number of nitrogens with zero attached hydrogens (tertiary/aromatic N) is 1. The standard InChI is InChI=1S/C13H26N2O3S/c1-3-14-10(2)11-4-6-15(7-5-11)12-8-19(17,18)9-13(12)16/h10-14,16H,3-9H2,1-2H3. The van der Waals surface area contributed by atoms with Crippen LogP contribution in [0.3, 0.4) is 0 Å². The zero-order chi connectivity index (χ0) is 14.0. The lowest BCUT2D eigenvalue weighted by Gasteiger charge is -2.38. The van der Waals surface area contributed by atoms with E-state index in [-0.39, 0.29) is 17.5 Å². The molecule has 2 rings (SSSR count). The third-order valence-electron chi connectivity index (χ3n) is 4.57. The summed E-state index contributed by atoms with van der Waals surface area (Å²) in [6.07, 6.45) is 1.46. The molecule has 3 atom stereocenters. The van der Waals surface area contributed by atoms with Gasteiger partial charge in [0.25, 0.3) is 0 Å². The lowest BCUT2D eigenvalue weighted by atomic mass is 9.89. The van der Waals surface area contributed by atoms with Crippen molar-refractivity contribution in [1.29, 1.82) is 0 Å². The van der Waals surface area contributed by atoms with Crippen molar-refractivity contribution in [3.05, 3.63) is 0 Å². The number of hydrogen-bond acceptors (Lipinski definition) is 5. The Bertz CT molecular complexity index is 391. The van der Waals surface area contributed by atoms with Gasteiger partial charge in [0.1, 0.15) is 0 Å². The first kappa shape index (κ1) is 15.2. The van der Waals surface area contributed by atoms with E-state index in [9.17, 15) is 13.5 Å². The molecule has 2 fully saturated rings. The van der Waals surface area contributed by atoms with E-state index in [0.717, 1.165) is 32.5 Å². The Morgan fingerprint density at radius 1 is 1.32 bits per heavy atom. The molecule has 0 bridgehead atoms. The number of sulfone groups is 1. The summed E-state index contributed by atoms with van der Waals surface area (Å²) in [6.45, 7) is 7.13. The molecule has 2 aliphatic rings. The molecule has 19 heavy (non-hydrogen) atoms. The summed E-state index contributed by atoms with van der Waals surface area (Å²) >= 11 is 0. The lowest BCUT2D eigenvalue weighted by Crippen LogP contribution is -2.49. The Morgan fingerprint density at radius 3 is 2.42 bits per heavy atom. The maximum absolute atomic E-state index is 11.6. The van der Waals surface area contributed by atoms with Gasteiger partial charge in [-0.1, -0.05) is 6.92 Å². The van der Waals surface area contributed by atoms with Crippen LogP contribution in [-0.2, 0) is 9.84 Å². The lowest BCUT2D eigenvalue weighted by molar-refractivity contribution is 0.0541. The first-order valence-electron chi connectivity index (χ1n) is 7.29. The Labute approximate surface area is 116 Å². The molecule has 0 aliphatic carbocycles. The number of piperidine rings is 1. The van der Waals surface area contributed by atoms with E-state index in [2.05, 4.69) is 24.1 Å². The number of nitrogens with one attached hydrogen (secondary N) is 1. The second-order valence-corrected chi connectivity index (χ2v) is 8.09. The fourth-order valence-corrected chi connectivity index (χ4v) is 5.23. The summed E-state index contributed by atoms with van der Waals surface area (Å²) in [5.74, 6) is 0.721. The van der Waals surface area contributed by atoms with Crippen molar-refractivity contribution in [3.8, 4) is 0 Å². The summed E-state index contributed by atoms with van der Waals surface area (Å²) in [5.41, 5.74) is 0. The van der Waals surface area contributed by atoms with Gasteiger partial charge in [-0.15, -0.1) is 0 Å². The molecule has 112 valence electrons. The third-order valence-corrected chi connectivity index (χ3v) is 6.27. The minimum Gasteiger partial charge on any atom is -0.390 e. The number of likely N-dealkylation sites (tertiary alicyclic amines) is 1. The molecule has 0 amide bonds. The van der Waals surface area contributed by atoms with Crippen LogP contribution < -0.4 is 5.32 Å².